The lowest BCUT2D eigenvalue weighted by atomic mass is 10.2. The van der Waals surface area contributed by atoms with Crippen LogP contribution in [-0.2, 0) is 17.6 Å². The van der Waals surface area contributed by atoms with E-state index in [-0.39, 0.29) is 28.8 Å². The largest absolute Gasteiger partial charge is 0.487 e. The number of carbonyl (C=O) groups excluding carboxylic acids is 1. The Bertz CT molecular complexity index is 1050. The summed E-state index contributed by atoms with van der Waals surface area (Å²) in [7, 11) is 0. The van der Waals surface area contributed by atoms with Gasteiger partial charge >= 0.3 is 6.18 Å². The lowest BCUT2D eigenvalue weighted by molar-refractivity contribution is -0.137. The number of para-hydroxylation sites is 1. The summed E-state index contributed by atoms with van der Waals surface area (Å²) in [4.78, 5) is 30.6. The third-order valence-corrected chi connectivity index (χ3v) is 4.61. The van der Waals surface area contributed by atoms with Crippen molar-refractivity contribution in [3.63, 3.8) is 0 Å². The highest BCUT2D eigenvalue weighted by atomic mass is 32.2. The van der Waals surface area contributed by atoms with E-state index < -0.39 is 17.6 Å². The van der Waals surface area contributed by atoms with Gasteiger partial charge in [0.2, 0.25) is 5.91 Å². The monoisotopic (exact) mass is 435 g/mol. The molecule has 0 bridgehead atoms. The van der Waals surface area contributed by atoms with Crippen LogP contribution in [0.5, 0.6) is 5.75 Å². The van der Waals surface area contributed by atoms with Gasteiger partial charge in [-0.1, -0.05) is 30.0 Å². The molecule has 0 aliphatic heterocycles. The van der Waals surface area contributed by atoms with Gasteiger partial charge in [-0.25, -0.2) is 4.98 Å². The number of hydrogen-bond donors (Lipinski definition) is 2. The first-order valence-corrected chi connectivity index (χ1v) is 9.66. The Balaban J connectivity index is 1.55. The number of halogens is 3. The fourth-order valence-corrected chi connectivity index (χ4v) is 3.07. The second-order valence-electron chi connectivity index (χ2n) is 6.06. The quantitative estimate of drug-likeness (QED) is 0.431. The molecule has 2 N–H and O–H groups in total. The maximum absolute atomic E-state index is 12.6. The summed E-state index contributed by atoms with van der Waals surface area (Å²) in [5.41, 5.74) is -0.554. The topological polar surface area (TPSA) is 84.1 Å². The van der Waals surface area contributed by atoms with Gasteiger partial charge in [0, 0.05) is 11.8 Å². The zero-order valence-electron chi connectivity index (χ0n) is 15.4. The van der Waals surface area contributed by atoms with Gasteiger partial charge in [0.15, 0.2) is 5.16 Å². The van der Waals surface area contributed by atoms with Crippen molar-refractivity contribution >= 4 is 23.4 Å². The van der Waals surface area contributed by atoms with Crippen LogP contribution in [0.25, 0.3) is 0 Å². The predicted molar refractivity (Wildman–Crippen MR) is 106 cm³/mol. The molecule has 6 nitrogen and oxygen atoms in total. The molecule has 0 fully saturated rings. The SMILES string of the molecule is O=C(CSc1nc(COc2ccccc2)cc(=O)[nH]1)Nc1ccc(C(F)(F)F)cc1. The molecule has 0 radical (unpaired) electrons. The maximum atomic E-state index is 12.6. The first kappa shape index (κ1) is 21.4. The number of hydrogen-bond acceptors (Lipinski definition) is 5. The van der Waals surface area contributed by atoms with E-state index in [4.69, 9.17) is 4.74 Å². The molecule has 10 heteroatoms. The Morgan fingerprint density at radius 2 is 1.80 bits per heavy atom. The summed E-state index contributed by atoms with van der Waals surface area (Å²) >= 11 is 0.991. The molecular weight excluding hydrogens is 419 g/mol. The summed E-state index contributed by atoms with van der Waals surface area (Å²) in [6.07, 6.45) is -4.44. The van der Waals surface area contributed by atoms with Crippen LogP contribution in [-0.4, -0.2) is 21.6 Å². The molecule has 2 aromatic carbocycles. The van der Waals surface area contributed by atoms with Crippen LogP contribution in [0.1, 0.15) is 11.3 Å². The zero-order valence-corrected chi connectivity index (χ0v) is 16.2. The van der Waals surface area contributed by atoms with Crippen molar-refractivity contribution in [2.45, 2.75) is 17.9 Å². The highest BCUT2D eigenvalue weighted by Gasteiger charge is 2.29. The van der Waals surface area contributed by atoms with Gasteiger partial charge in [-0.05, 0) is 36.4 Å². The number of rotatable bonds is 7. The average Bonchev–Trinajstić information content (AvgIpc) is 2.71. The molecular formula is C20H16F3N3O3S. The lowest BCUT2D eigenvalue weighted by Gasteiger charge is -2.09. The Kier molecular flexibility index (Phi) is 6.78. The molecule has 0 aliphatic rings. The number of thioether (sulfide) groups is 1. The smallest absolute Gasteiger partial charge is 0.416 e. The van der Waals surface area contributed by atoms with Gasteiger partial charge < -0.3 is 15.0 Å². The minimum absolute atomic E-state index is 0.0826. The predicted octanol–water partition coefficient (Wildman–Crippen LogP) is 4.10. The van der Waals surface area contributed by atoms with Crippen molar-refractivity contribution in [1.82, 2.24) is 9.97 Å². The number of amides is 1. The molecule has 0 unspecified atom stereocenters. The highest BCUT2D eigenvalue weighted by Crippen LogP contribution is 2.29. The second kappa shape index (κ2) is 9.49. The van der Waals surface area contributed by atoms with Crippen LogP contribution < -0.4 is 15.6 Å². The molecule has 0 saturated carbocycles. The van der Waals surface area contributed by atoms with E-state index in [9.17, 15) is 22.8 Å². The summed E-state index contributed by atoms with van der Waals surface area (Å²) in [6.45, 7) is 0.0826. The van der Waals surface area contributed by atoms with E-state index in [0.29, 0.717) is 11.4 Å². The highest BCUT2D eigenvalue weighted by molar-refractivity contribution is 7.99. The number of ether oxygens (including phenoxy) is 1. The minimum atomic E-state index is -4.44. The molecule has 0 aliphatic carbocycles. The summed E-state index contributed by atoms with van der Waals surface area (Å²) in [6, 6.07) is 14.4. The molecule has 0 spiro atoms. The van der Waals surface area contributed by atoms with Crippen molar-refractivity contribution in [2.24, 2.45) is 0 Å². The van der Waals surface area contributed by atoms with Crippen LogP contribution in [0, 0.1) is 0 Å². The molecule has 3 aromatic rings. The van der Waals surface area contributed by atoms with Gasteiger partial charge in [0.1, 0.15) is 12.4 Å². The Labute approximate surface area is 173 Å². The third-order valence-electron chi connectivity index (χ3n) is 3.74. The van der Waals surface area contributed by atoms with E-state index in [2.05, 4.69) is 15.3 Å². The minimum Gasteiger partial charge on any atom is -0.487 e. The van der Waals surface area contributed by atoms with Crippen LogP contribution in [0.15, 0.2) is 70.6 Å². The second-order valence-corrected chi connectivity index (χ2v) is 7.02. The fraction of sp³-hybridized carbons (Fsp3) is 0.150. The normalized spacial score (nSPS) is 11.2. The first-order valence-electron chi connectivity index (χ1n) is 8.67. The fourth-order valence-electron chi connectivity index (χ4n) is 2.37. The molecule has 30 heavy (non-hydrogen) atoms. The van der Waals surface area contributed by atoms with Crippen molar-refractivity contribution in [1.29, 1.82) is 0 Å². The molecule has 1 aromatic heterocycles. The van der Waals surface area contributed by atoms with Gasteiger partial charge in [-0.2, -0.15) is 13.2 Å². The van der Waals surface area contributed by atoms with Crippen LogP contribution in [0.4, 0.5) is 18.9 Å². The van der Waals surface area contributed by atoms with E-state index in [1.807, 2.05) is 18.2 Å². The van der Waals surface area contributed by atoms with Crippen molar-refractivity contribution in [2.75, 3.05) is 11.1 Å². The van der Waals surface area contributed by atoms with Crippen LogP contribution >= 0.6 is 11.8 Å². The van der Waals surface area contributed by atoms with Gasteiger partial charge in [-0.15, -0.1) is 0 Å². The number of H-pyrrole nitrogens is 1. The van der Waals surface area contributed by atoms with Crippen molar-refractivity contribution < 1.29 is 22.7 Å². The number of aromatic nitrogens is 2. The van der Waals surface area contributed by atoms with E-state index >= 15 is 0 Å². The Hall–Kier alpha value is -3.27. The molecule has 0 atom stereocenters. The molecule has 1 amide bonds. The Morgan fingerprint density at radius 3 is 2.47 bits per heavy atom. The number of nitrogens with zero attached hydrogens (tertiary/aromatic N) is 1. The lowest BCUT2D eigenvalue weighted by Crippen LogP contribution is -2.16. The maximum Gasteiger partial charge on any atom is 0.416 e. The summed E-state index contributed by atoms with van der Waals surface area (Å²) < 4.78 is 43.3. The molecule has 1 heterocycles. The van der Waals surface area contributed by atoms with Crippen LogP contribution in [0.3, 0.4) is 0 Å². The summed E-state index contributed by atoms with van der Waals surface area (Å²) in [5.74, 6) is 0.0884. The van der Waals surface area contributed by atoms with Crippen molar-refractivity contribution in [3.8, 4) is 5.75 Å². The molecule has 0 saturated heterocycles. The standard InChI is InChI=1S/C20H16F3N3O3S/c21-20(22,23)13-6-8-14(9-7-13)24-18(28)12-30-19-25-15(10-17(27)26-19)11-29-16-4-2-1-3-5-16/h1-10H,11-12H2,(H,24,28)(H,25,26,27). The van der Waals surface area contributed by atoms with Gasteiger partial charge in [0.25, 0.3) is 5.56 Å². The van der Waals surface area contributed by atoms with Gasteiger partial charge in [-0.3, -0.25) is 9.59 Å². The third kappa shape index (κ3) is 6.38. The number of nitrogens with one attached hydrogen (secondary N) is 2. The number of carbonyl (C=O) groups is 1. The first-order chi connectivity index (χ1) is 14.3. The van der Waals surface area contributed by atoms with E-state index in [1.165, 1.54) is 18.2 Å². The zero-order chi connectivity index (χ0) is 21.6. The Morgan fingerprint density at radius 1 is 1.10 bits per heavy atom. The van der Waals surface area contributed by atoms with Crippen LogP contribution in [0.2, 0.25) is 0 Å². The number of benzene rings is 2. The molecule has 156 valence electrons. The molecule has 3 rings (SSSR count). The number of alkyl halides is 3. The van der Waals surface area contributed by atoms with Gasteiger partial charge in [0.05, 0.1) is 17.0 Å². The number of aromatic amines is 1. The summed E-state index contributed by atoms with van der Waals surface area (Å²) in [5, 5.41) is 2.73. The van der Waals surface area contributed by atoms with Crippen molar-refractivity contribution in [3.05, 3.63) is 82.3 Å². The number of anilines is 1. The van der Waals surface area contributed by atoms with E-state index in [1.54, 1.807) is 12.1 Å². The average molecular weight is 435 g/mol. The van der Waals surface area contributed by atoms with E-state index in [0.717, 1.165) is 23.9 Å².